The van der Waals surface area contributed by atoms with Crippen molar-refractivity contribution in [1.29, 1.82) is 0 Å². The Kier molecular flexibility index (Phi) is 5.65. The van der Waals surface area contributed by atoms with Crippen LogP contribution in [-0.2, 0) is 24.3 Å². The summed E-state index contributed by atoms with van der Waals surface area (Å²) >= 11 is 3.89. The number of sulfonamides is 1. The van der Waals surface area contributed by atoms with Gasteiger partial charge >= 0.3 is 5.97 Å². The monoisotopic (exact) mass is 524 g/mol. The number of rotatable bonds is 6. The molecular formula is C23H29BrN2O5S. The Morgan fingerprint density at radius 1 is 1.12 bits per heavy atom. The smallest absolute Gasteiger partial charge is 0.312 e. The van der Waals surface area contributed by atoms with Crippen LogP contribution in [0.5, 0.6) is 0 Å². The first-order chi connectivity index (χ1) is 15.2. The van der Waals surface area contributed by atoms with Crippen LogP contribution in [0.2, 0.25) is 0 Å². The van der Waals surface area contributed by atoms with Gasteiger partial charge in [0.25, 0.3) is 5.91 Å². The lowest BCUT2D eigenvalue weighted by atomic mass is 9.49. The second kappa shape index (κ2) is 8.09. The second-order valence-electron chi connectivity index (χ2n) is 10.2. The van der Waals surface area contributed by atoms with Gasteiger partial charge in [-0.2, -0.15) is 4.31 Å². The zero-order valence-electron chi connectivity index (χ0n) is 18.0. The molecular weight excluding hydrogens is 496 g/mol. The van der Waals surface area contributed by atoms with Crippen LogP contribution in [0.4, 0.5) is 5.69 Å². The van der Waals surface area contributed by atoms with Gasteiger partial charge < -0.3 is 10.1 Å². The minimum Gasteiger partial charge on any atom is -0.455 e. The number of esters is 1. The molecule has 1 N–H and O–H groups in total. The molecule has 9 heteroatoms. The largest absolute Gasteiger partial charge is 0.455 e. The number of alkyl halides is 1. The SMILES string of the molecule is O=C(COC(=O)C12C[C@@H]3C[C@@H](CC(Br)(C3)C1)C2)Nc1cccc(S(=O)(=O)N2CCCC2)c1. The summed E-state index contributed by atoms with van der Waals surface area (Å²) in [4.78, 5) is 25.6. The van der Waals surface area contributed by atoms with Gasteiger partial charge in [0.2, 0.25) is 10.0 Å². The highest BCUT2D eigenvalue weighted by Crippen LogP contribution is 2.64. The fourth-order valence-electron chi connectivity index (χ4n) is 6.68. The fourth-order valence-corrected chi connectivity index (χ4v) is 9.70. The van der Waals surface area contributed by atoms with Crippen molar-refractivity contribution in [3.8, 4) is 0 Å². The van der Waals surface area contributed by atoms with Crippen LogP contribution in [0.25, 0.3) is 0 Å². The number of anilines is 1. The van der Waals surface area contributed by atoms with E-state index >= 15 is 0 Å². The van der Waals surface area contributed by atoms with Crippen LogP contribution in [0.15, 0.2) is 29.2 Å². The molecule has 32 heavy (non-hydrogen) atoms. The van der Waals surface area contributed by atoms with Crippen molar-refractivity contribution < 1.29 is 22.7 Å². The summed E-state index contributed by atoms with van der Waals surface area (Å²) in [5.74, 6) is 0.373. The lowest BCUT2D eigenvalue weighted by Crippen LogP contribution is -2.56. The van der Waals surface area contributed by atoms with Crippen LogP contribution in [0, 0.1) is 17.3 Å². The Bertz CT molecular complexity index is 1020. The summed E-state index contributed by atoms with van der Waals surface area (Å²) in [6, 6.07) is 6.24. The van der Waals surface area contributed by atoms with Gasteiger partial charge in [0.05, 0.1) is 10.3 Å². The molecule has 6 rings (SSSR count). The average Bonchev–Trinajstić information content (AvgIpc) is 3.26. The zero-order valence-corrected chi connectivity index (χ0v) is 20.4. The molecule has 4 bridgehead atoms. The minimum absolute atomic E-state index is 0.0413. The van der Waals surface area contributed by atoms with Crippen molar-refractivity contribution >= 4 is 43.5 Å². The normalized spacial score (nSPS) is 33.9. The highest BCUT2D eigenvalue weighted by molar-refractivity contribution is 9.10. The summed E-state index contributed by atoms with van der Waals surface area (Å²) < 4.78 is 32.5. The lowest BCUT2D eigenvalue weighted by molar-refractivity contribution is -0.170. The molecule has 174 valence electrons. The van der Waals surface area contributed by atoms with E-state index in [1.54, 1.807) is 12.1 Å². The zero-order chi connectivity index (χ0) is 22.6. The number of nitrogens with one attached hydrogen (secondary N) is 1. The predicted octanol–water partition coefficient (Wildman–Crippen LogP) is 3.69. The molecule has 5 fully saturated rings. The van der Waals surface area contributed by atoms with Gasteiger partial charge in [0.1, 0.15) is 0 Å². The summed E-state index contributed by atoms with van der Waals surface area (Å²) in [7, 11) is -3.56. The number of hydrogen-bond donors (Lipinski definition) is 1. The lowest BCUT2D eigenvalue weighted by Gasteiger charge is -2.58. The second-order valence-corrected chi connectivity index (χ2v) is 13.8. The van der Waals surface area contributed by atoms with Gasteiger partial charge in [0, 0.05) is 23.1 Å². The summed E-state index contributed by atoms with van der Waals surface area (Å²) in [6.45, 7) is 0.677. The highest BCUT2D eigenvalue weighted by Gasteiger charge is 2.60. The van der Waals surface area contributed by atoms with E-state index in [0.29, 0.717) is 30.6 Å². The number of amides is 1. The van der Waals surface area contributed by atoms with Gasteiger partial charge in [0.15, 0.2) is 6.61 Å². The van der Waals surface area contributed by atoms with Crippen molar-refractivity contribution in [2.24, 2.45) is 17.3 Å². The molecule has 7 nitrogen and oxygen atoms in total. The van der Waals surface area contributed by atoms with E-state index in [9.17, 15) is 18.0 Å². The molecule has 0 spiro atoms. The third-order valence-electron chi connectivity index (χ3n) is 7.58. The van der Waals surface area contributed by atoms with Crippen molar-refractivity contribution in [2.45, 2.75) is 60.6 Å². The fraction of sp³-hybridized carbons (Fsp3) is 0.652. The van der Waals surface area contributed by atoms with Crippen LogP contribution in [0.1, 0.15) is 51.4 Å². The van der Waals surface area contributed by atoms with Gasteiger partial charge in [-0.1, -0.05) is 22.0 Å². The van der Waals surface area contributed by atoms with Gasteiger partial charge in [-0.15, -0.1) is 0 Å². The van der Waals surface area contributed by atoms with E-state index in [-0.39, 0.29) is 21.8 Å². The standard InChI is InChI=1S/C23H29BrN2O5S/c24-23-12-16-8-17(13-23)11-22(10-16,15-23)21(28)31-14-20(27)25-18-4-3-5-19(9-18)32(29,30)26-6-1-2-7-26/h3-5,9,16-17H,1-2,6-8,10-15H2,(H,25,27)/t16-,17+,22?,23?. The molecule has 4 saturated carbocycles. The number of carbonyl (C=O) groups excluding carboxylic acids is 2. The van der Waals surface area contributed by atoms with Gasteiger partial charge in [-0.3, -0.25) is 9.59 Å². The van der Waals surface area contributed by atoms with Crippen LogP contribution >= 0.6 is 15.9 Å². The number of halogens is 1. The third kappa shape index (κ3) is 4.12. The topological polar surface area (TPSA) is 92.8 Å². The first-order valence-corrected chi connectivity index (χ1v) is 13.7. The van der Waals surface area contributed by atoms with Crippen LogP contribution in [0.3, 0.4) is 0 Å². The Hall–Kier alpha value is -1.45. The molecule has 0 radical (unpaired) electrons. The Balaban J connectivity index is 1.20. The van der Waals surface area contributed by atoms with E-state index in [1.807, 2.05) is 0 Å². The van der Waals surface area contributed by atoms with Crippen LogP contribution < -0.4 is 5.32 Å². The first-order valence-electron chi connectivity index (χ1n) is 11.4. The number of carbonyl (C=O) groups is 2. The number of nitrogens with zero attached hydrogens (tertiary/aromatic N) is 1. The Morgan fingerprint density at radius 2 is 1.81 bits per heavy atom. The quantitative estimate of drug-likeness (QED) is 0.452. The summed E-state index contributed by atoms with van der Waals surface area (Å²) in [6.07, 6.45) is 7.65. The third-order valence-corrected chi connectivity index (χ3v) is 10.4. The van der Waals surface area contributed by atoms with E-state index in [1.165, 1.54) is 22.9 Å². The molecule has 1 aliphatic heterocycles. The number of benzene rings is 1. The van der Waals surface area contributed by atoms with Crippen LogP contribution in [-0.4, -0.2) is 48.6 Å². The molecule has 1 aromatic carbocycles. The summed E-state index contributed by atoms with van der Waals surface area (Å²) in [5, 5.41) is 2.67. The first kappa shape index (κ1) is 22.3. The predicted molar refractivity (Wildman–Crippen MR) is 123 cm³/mol. The van der Waals surface area contributed by atoms with Crippen molar-refractivity contribution in [3.63, 3.8) is 0 Å². The maximum absolute atomic E-state index is 13.0. The molecule has 5 aliphatic rings. The van der Waals surface area contributed by atoms with Gasteiger partial charge in [-0.25, -0.2) is 8.42 Å². The minimum atomic E-state index is -3.56. The molecule has 1 aromatic rings. The van der Waals surface area contributed by atoms with E-state index in [0.717, 1.165) is 44.9 Å². The van der Waals surface area contributed by atoms with Crippen molar-refractivity contribution in [1.82, 2.24) is 4.31 Å². The Morgan fingerprint density at radius 3 is 2.47 bits per heavy atom. The number of ether oxygens (including phenoxy) is 1. The number of hydrogen-bond acceptors (Lipinski definition) is 5. The molecule has 4 aliphatic carbocycles. The van der Waals surface area contributed by atoms with E-state index < -0.39 is 21.3 Å². The molecule has 1 amide bonds. The molecule has 1 heterocycles. The highest BCUT2D eigenvalue weighted by atomic mass is 79.9. The summed E-state index contributed by atoms with van der Waals surface area (Å²) in [5.41, 5.74) is -0.0991. The van der Waals surface area contributed by atoms with E-state index in [4.69, 9.17) is 4.74 Å². The Labute approximate surface area is 197 Å². The molecule has 2 unspecified atom stereocenters. The maximum atomic E-state index is 13.0. The maximum Gasteiger partial charge on any atom is 0.312 e. The molecule has 0 aromatic heterocycles. The van der Waals surface area contributed by atoms with Crippen molar-refractivity contribution in [3.05, 3.63) is 24.3 Å². The molecule has 4 atom stereocenters. The van der Waals surface area contributed by atoms with Gasteiger partial charge in [-0.05, 0) is 81.4 Å². The van der Waals surface area contributed by atoms with Crippen molar-refractivity contribution in [2.75, 3.05) is 25.0 Å². The molecule has 1 saturated heterocycles. The van der Waals surface area contributed by atoms with E-state index in [2.05, 4.69) is 21.2 Å². The average molecular weight is 525 g/mol.